The molecule has 2 aromatic carbocycles. The molecule has 3 rings (SSSR count). The van der Waals surface area contributed by atoms with Crippen molar-refractivity contribution >= 4 is 22.4 Å². The molecule has 0 saturated carbocycles. The summed E-state index contributed by atoms with van der Waals surface area (Å²) in [6.45, 7) is 4.21. The SMILES string of the molecule is CCC(C)C(C(=O)Nc1nnc(-c2ccccc2)s1)c1ccccc1. The number of carbonyl (C=O) groups excluding carboxylic acids is 1. The first-order valence-electron chi connectivity index (χ1n) is 8.43. The number of carbonyl (C=O) groups is 1. The van der Waals surface area contributed by atoms with E-state index in [-0.39, 0.29) is 17.7 Å². The summed E-state index contributed by atoms with van der Waals surface area (Å²) in [6.07, 6.45) is 0.929. The molecule has 0 bridgehead atoms. The molecule has 0 aliphatic rings. The Bertz CT molecular complexity index is 817. The van der Waals surface area contributed by atoms with Crippen molar-refractivity contribution in [3.63, 3.8) is 0 Å². The molecule has 2 atom stereocenters. The van der Waals surface area contributed by atoms with Crippen molar-refractivity contribution in [1.29, 1.82) is 0 Å². The second kappa shape index (κ2) is 8.03. The number of rotatable bonds is 6. The van der Waals surface area contributed by atoms with E-state index in [2.05, 4.69) is 29.4 Å². The van der Waals surface area contributed by atoms with E-state index < -0.39 is 0 Å². The Morgan fingerprint density at radius 1 is 1.04 bits per heavy atom. The van der Waals surface area contributed by atoms with E-state index in [1.54, 1.807) is 0 Å². The van der Waals surface area contributed by atoms with Gasteiger partial charge in [-0.25, -0.2) is 0 Å². The summed E-state index contributed by atoms with van der Waals surface area (Å²) in [5.74, 6) is 0.00972. The van der Waals surface area contributed by atoms with Gasteiger partial charge in [0.25, 0.3) is 0 Å². The van der Waals surface area contributed by atoms with E-state index in [0.29, 0.717) is 5.13 Å². The molecule has 1 heterocycles. The van der Waals surface area contributed by atoms with Gasteiger partial charge in [-0.1, -0.05) is 92.3 Å². The lowest BCUT2D eigenvalue weighted by molar-refractivity contribution is -0.118. The van der Waals surface area contributed by atoms with Crippen molar-refractivity contribution in [2.75, 3.05) is 5.32 Å². The molecule has 2 unspecified atom stereocenters. The highest BCUT2D eigenvalue weighted by atomic mass is 32.1. The zero-order valence-corrected chi connectivity index (χ0v) is 15.2. The van der Waals surface area contributed by atoms with Crippen molar-refractivity contribution in [3.8, 4) is 10.6 Å². The predicted octanol–water partition coefficient (Wildman–Crippen LogP) is 4.97. The Morgan fingerprint density at radius 3 is 2.32 bits per heavy atom. The molecule has 4 nitrogen and oxygen atoms in total. The van der Waals surface area contributed by atoms with Gasteiger partial charge in [-0.2, -0.15) is 0 Å². The van der Waals surface area contributed by atoms with Crippen molar-refractivity contribution in [3.05, 3.63) is 66.2 Å². The van der Waals surface area contributed by atoms with Crippen LogP contribution in [-0.2, 0) is 4.79 Å². The quantitative estimate of drug-likeness (QED) is 0.682. The number of hydrogen-bond donors (Lipinski definition) is 1. The number of anilines is 1. The summed E-state index contributed by atoms with van der Waals surface area (Å²) in [6, 6.07) is 19.8. The first kappa shape index (κ1) is 17.3. The maximum atomic E-state index is 12.9. The highest BCUT2D eigenvalue weighted by Crippen LogP contribution is 2.30. The van der Waals surface area contributed by atoms with Crippen LogP contribution in [0.5, 0.6) is 0 Å². The van der Waals surface area contributed by atoms with Gasteiger partial charge in [0.15, 0.2) is 0 Å². The lowest BCUT2D eigenvalue weighted by Crippen LogP contribution is -2.26. The zero-order chi connectivity index (χ0) is 17.6. The van der Waals surface area contributed by atoms with E-state index in [1.807, 2.05) is 60.7 Å². The maximum Gasteiger partial charge on any atom is 0.234 e. The minimum absolute atomic E-state index is 0.0312. The Morgan fingerprint density at radius 2 is 1.68 bits per heavy atom. The van der Waals surface area contributed by atoms with Crippen LogP contribution in [0.1, 0.15) is 31.7 Å². The van der Waals surface area contributed by atoms with Gasteiger partial charge in [0, 0.05) is 5.56 Å². The summed E-state index contributed by atoms with van der Waals surface area (Å²) < 4.78 is 0. The molecule has 128 valence electrons. The molecule has 1 N–H and O–H groups in total. The second-order valence-corrected chi connectivity index (χ2v) is 7.02. The highest BCUT2D eigenvalue weighted by molar-refractivity contribution is 7.18. The predicted molar refractivity (Wildman–Crippen MR) is 103 cm³/mol. The molecule has 0 fully saturated rings. The van der Waals surface area contributed by atoms with Gasteiger partial charge < -0.3 is 0 Å². The van der Waals surface area contributed by atoms with E-state index in [9.17, 15) is 4.79 Å². The van der Waals surface area contributed by atoms with Gasteiger partial charge in [-0.3, -0.25) is 10.1 Å². The smallest absolute Gasteiger partial charge is 0.234 e. The third-order valence-electron chi connectivity index (χ3n) is 4.33. The average molecular weight is 351 g/mol. The molecule has 1 aromatic heterocycles. The van der Waals surface area contributed by atoms with Gasteiger partial charge in [0.1, 0.15) is 5.01 Å². The summed E-state index contributed by atoms with van der Waals surface area (Å²) in [5.41, 5.74) is 2.03. The third-order valence-corrected chi connectivity index (χ3v) is 5.22. The van der Waals surface area contributed by atoms with Crippen LogP contribution in [0.15, 0.2) is 60.7 Å². The first-order valence-corrected chi connectivity index (χ1v) is 9.25. The standard InChI is InChI=1S/C20H21N3OS/c1-3-14(2)17(15-10-6-4-7-11-15)18(24)21-20-23-22-19(25-20)16-12-8-5-9-13-16/h4-14,17H,3H2,1-2H3,(H,21,23,24). The second-order valence-electron chi connectivity index (χ2n) is 6.04. The van der Waals surface area contributed by atoms with Crippen LogP contribution in [0.2, 0.25) is 0 Å². The molecule has 5 heteroatoms. The number of amides is 1. The normalized spacial score (nSPS) is 13.2. The minimum atomic E-state index is -0.199. The van der Waals surface area contributed by atoms with Crippen LogP contribution < -0.4 is 5.32 Å². The van der Waals surface area contributed by atoms with Crippen LogP contribution in [0.4, 0.5) is 5.13 Å². The molecular weight excluding hydrogens is 330 g/mol. The molecule has 0 aliphatic heterocycles. The highest BCUT2D eigenvalue weighted by Gasteiger charge is 2.26. The summed E-state index contributed by atoms with van der Waals surface area (Å²) in [5, 5.41) is 12.6. The van der Waals surface area contributed by atoms with E-state index in [0.717, 1.165) is 22.6 Å². The maximum absolute atomic E-state index is 12.9. The van der Waals surface area contributed by atoms with E-state index >= 15 is 0 Å². The molecule has 1 amide bonds. The largest absolute Gasteiger partial charge is 0.300 e. The fraction of sp³-hybridized carbons (Fsp3) is 0.250. The number of hydrogen-bond acceptors (Lipinski definition) is 4. The van der Waals surface area contributed by atoms with Crippen LogP contribution in [-0.4, -0.2) is 16.1 Å². The number of nitrogens with zero attached hydrogens (tertiary/aromatic N) is 2. The monoisotopic (exact) mass is 351 g/mol. The van der Waals surface area contributed by atoms with Gasteiger partial charge in [-0.05, 0) is 11.5 Å². The number of nitrogens with one attached hydrogen (secondary N) is 1. The molecular formula is C20H21N3OS. The molecule has 3 aromatic rings. The van der Waals surface area contributed by atoms with Crippen molar-refractivity contribution in [2.45, 2.75) is 26.2 Å². The van der Waals surface area contributed by atoms with Crippen molar-refractivity contribution < 1.29 is 4.79 Å². The zero-order valence-electron chi connectivity index (χ0n) is 14.3. The lowest BCUT2D eigenvalue weighted by Gasteiger charge is -2.22. The average Bonchev–Trinajstić information content (AvgIpc) is 3.12. The lowest BCUT2D eigenvalue weighted by atomic mass is 9.85. The summed E-state index contributed by atoms with van der Waals surface area (Å²) in [7, 11) is 0. The molecule has 25 heavy (non-hydrogen) atoms. The van der Waals surface area contributed by atoms with Gasteiger partial charge in [0.2, 0.25) is 11.0 Å². The Kier molecular flexibility index (Phi) is 5.56. The fourth-order valence-electron chi connectivity index (χ4n) is 2.79. The Labute approximate surface area is 151 Å². The van der Waals surface area contributed by atoms with E-state index in [4.69, 9.17) is 0 Å². The third kappa shape index (κ3) is 4.12. The first-order chi connectivity index (χ1) is 12.2. The van der Waals surface area contributed by atoms with Gasteiger partial charge in [-0.15, -0.1) is 10.2 Å². The topological polar surface area (TPSA) is 54.9 Å². The van der Waals surface area contributed by atoms with Crippen LogP contribution in [0.25, 0.3) is 10.6 Å². The number of benzene rings is 2. The van der Waals surface area contributed by atoms with Crippen LogP contribution in [0, 0.1) is 5.92 Å². The number of aromatic nitrogens is 2. The van der Waals surface area contributed by atoms with Crippen LogP contribution >= 0.6 is 11.3 Å². The van der Waals surface area contributed by atoms with Crippen molar-refractivity contribution in [1.82, 2.24) is 10.2 Å². The molecule has 0 aliphatic carbocycles. The van der Waals surface area contributed by atoms with Crippen molar-refractivity contribution in [2.24, 2.45) is 5.92 Å². The fourth-order valence-corrected chi connectivity index (χ4v) is 3.54. The minimum Gasteiger partial charge on any atom is -0.300 e. The molecule has 0 spiro atoms. The Balaban J connectivity index is 1.79. The summed E-state index contributed by atoms with van der Waals surface area (Å²) >= 11 is 1.39. The van der Waals surface area contributed by atoms with Gasteiger partial charge >= 0.3 is 0 Å². The van der Waals surface area contributed by atoms with Gasteiger partial charge in [0.05, 0.1) is 5.92 Å². The molecule has 0 saturated heterocycles. The molecule has 0 radical (unpaired) electrons. The Hall–Kier alpha value is -2.53. The van der Waals surface area contributed by atoms with Crippen LogP contribution in [0.3, 0.4) is 0 Å². The summed E-state index contributed by atoms with van der Waals surface area (Å²) in [4.78, 5) is 12.9. The van der Waals surface area contributed by atoms with E-state index in [1.165, 1.54) is 11.3 Å².